The Hall–Kier alpha value is -1.07. The number of hydrogen-bond donors (Lipinski definition) is 3. The summed E-state index contributed by atoms with van der Waals surface area (Å²) in [5.74, 6) is 0.0381. The topological polar surface area (TPSA) is 70.6 Å². The Bertz CT molecular complexity index is 232. The van der Waals surface area contributed by atoms with Crippen LogP contribution in [0, 0.1) is 0 Å². The van der Waals surface area contributed by atoms with E-state index in [-0.39, 0.29) is 5.96 Å². The zero-order valence-electron chi connectivity index (χ0n) is 5.82. The molecule has 0 fully saturated rings. The third-order valence-corrected chi connectivity index (χ3v) is 1.86. The maximum Gasteiger partial charge on any atom is 0.213 e. The molecule has 0 aromatic carbocycles. The molecule has 5 heteroatoms. The molecule has 60 valence electrons. The lowest BCUT2D eigenvalue weighted by molar-refractivity contribution is 0.232. The second kappa shape index (κ2) is 3.95. The first kappa shape index (κ1) is 8.03. The molecule has 1 rings (SSSR count). The van der Waals surface area contributed by atoms with Gasteiger partial charge in [0.1, 0.15) is 0 Å². The quantitative estimate of drug-likeness (QED) is 0.345. The van der Waals surface area contributed by atoms with Gasteiger partial charge in [-0.25, -0.2) is 10.5 Å². The molecule has 0 amide bonds. The summed E-state index contributed by atoms with van der Waals surface area (Å²) in [6.07, 6.45) is 0. The lowest BCUT2D eigenvalue weighted by atomic mass is 10.3. The van der Waals surface area contributed by atoms with Crippen LogP contribution in [-0.4, -0.2) is 11.2 Å². The zero-order valence-corrected chi connectivity index (χ0v) is 6.64. The van der Waals surface area contributed by atoms with Crippen molar-refractivity contribution in [3.8, 4) is 0 Å². The maximum atomic E-state index is 8.26. The highest BCUT2D eigenvalue weighted by atomic mass is 32.1. The monoisotopic (exact) mass is 171 g/mol. The average molecular weight is 171 g/mol. The summed E-state index contributed by atoms with van der Waals surface area (Å²) in [5.41, 5.74) is 8.03. The fraction of sp³-hybridized carbons (Fsp3) is 0.167. The second-order valence-corrected chi connectivity index (χ2v) is 2.72. The Labute approximate surface area is 68.3 Å². The standard InChI is InChI=1S/C6H9N3OS/c7-6(9-10)8-3-5-1-2-11-4-5/h1-2,4,10H,3H2,(H3,7,8,9). The number of nitrogens with one attached hydrogen (secondary N) is 1. The van der Waals surface area contributed by atoms with Crippen molar-refractivity contribution in [2.75, 3.05) is 0 Å². The maximum absolute atomic E-state index is 8.26. The molecule has 0 aliphatic rings. The first-order chi connectivity index (χ1) is 5.33. The number of rotatable bonds is 2. The highest BCUT2D eigenvalue weighted by molar-refractivity contribution is 7.07. The number of nitrogens with zero attached hydrogens (tertiary/aromatic N) is 1. The van der Waals surface area contributed by atoms with Crippen LogP contribution < -0.4 is 11.2 Å². The van der Waals surface area contributed by atoms with Gasteiger partial charge >= 0.3 is 0 Å². The predicted molar refractivity (Wildman–Crippen MR) is 44.6 cm³/mol. The van der Waals surface area contributed by atoms with Gasteiger partial charge in [-0.15, -0.1) is 0 Å². The van der Waals surface area contributed by atoms with Gasteiger partial charge in [0.25, 0.3) is 0 Å². The fourth-order valence-corrected chi connectivity index (χ4v) is 1.25. The SMILES string of the molecule is NC(=NCc1ccsc1)NO. The van der Waals surface area contributed by atoms with E-state index in [9.17, 15) is 0 Å². The van der Waals surface area contributed by atoms with E-state index in [1.165, 1.54) is 0 Å². The third kappa shape index (κ3) is 2.57. The first-order valence-electron chi connectivity index (χ1n) is 3.04. The van der Waals surface area contributed by atoms with Gasteiger partial charge in [-0.05, 0) is 22.4 Å². The van der Waals surface area contributed by atoms with Crippen molar-refractivity contribution in [1.82, 2.24) is 5.48 Å². The van der Waals surface area contributed by atoms with Gasteiger partial charge in [0.05, 0.1) is 6.54 Å². The molecule has 0 aliphatic carbocycles. The zero-order chi connectivity index (χ0) is 8.10. The van der Waals surface area contributed by atoms with E-state index in [0.29, 0.717) is 6.54 Å². The Kier molecular flexibility index (Phi) is 2.88. The molecule has 0 aliphatic heterocycles. The Morgan fingerprint density at radius 1 is 1.82 bits per heavy atom. The van der Waals surface area contributed by atoms with Crippen LogP contribution in [0.2, 0.25) is 0 Å². The minimum absolute atomic E-state index is 0.0381. The van der Waals surface area contributed by atoms with Crippen LogP contribution in [0.25, 0.3) is 0 Å². The summed E-state index contributed by atoms with van der Waals surface area (Å²) in [4.78, 5) is 3.83. The summed E-state index contributed by atoms with van der Waals surface area (Å²) in [6, 6.07) is 1.96. The minimum atomic E-state index is 0.0381. The molecule has 1 heterocycles. The average Bonchev–Trinajstić information content (AvgIpc) is 2.52. The molecule has 1 aromatic rings. The Balaban J connectivity index is 2.45. The number of thiophene rings is 1. The van der Waals surface area contributed by atoms with Crippen molar-refractivity contribution in [3.05, 3.63) is 22.4 Å². The van der Waals surface area contributed by atoms with E-state index in [1.54, 1.807) is 16.8 Å². The highest BCUT2D eigenvalue weighted by Crippen LogP contribution is 2.06. The number of guanidine groups is 1. The molecule has 0 saturated heterocycles. The van der Waals surface area contributed by atoms with Crippen LogP contribution >= 0.6 is 11.3 Å². The molecule has 1 aromatic heterocycles. The van der Waals surface area contributed by atoms with Crippen LogP contribution in [-0.2, 0) is 6.54 Å². The van der Waals surface area contributed by atoms with Gasteiger partial charge in [-0.3, -0.25) is 5.21 Å². The van der Waals surface area contributed by atoms with Crippen LogP contribution in [0.5, 0.6) is 0 Å². The first-order valence-corrected chi connectivity index (χ1v) is 3.98. The van der Waals surface area contributed by atoms with E-state index < -0.39 is 0 Å². The van der Waals surface area contributed by atoms with Gasteiger partial charge < -0.3 is 5.73 Å². The van der Waals surface area contributed by atoms with E-state index in [4.69, 9.17) is 10.9 Å². The largest absolute Gasteiger partial charge is 0.368 e. The fourth-order valence-electron chi connectivity index (χ4n) is 0.594. The highest BCUT2D eigenvalue weighted by Gasteiger charge is 1.90. The molecule has 0 unspecified atom stereocenters. The van der Waals surface area contributed by atoms with Gasteiger partial charge in [0.2, 0.25) is 5.96 Å². The Morgan fingerprint density at radius 2 is 2.64 bits per heavy atom. The van der Waals surface area contributed by atoms with E-state index in [0.717, 1.165) is 5.56 Å². The van der Waals surface area contributed by atoms with Crippen LogP contribution in [0.4, 0.5) is 0 Å². The molecule has 0 saturated carbocycles. The summed E-state index contributed by atoms with van der Waals surface area (Å²) >= 11 is 1.61. The molecule has 0 atom stereocenters. The van der Waals surface area contributed by atoms with Crippen LogP contribution in [0.3, 0.4) is 0 Å². The van der Waals surface area contributed by atoms with E-state index >= 15 is 0 Å². The number of aliphatic imine (C=N–C) groups is 1. The van der Waals surface area contributed by atoms with Crippen molar-refractivity contribution >= 4 is 17.3 Å². The molecule has 11 heavy (non-hydrogen) atoms. The lowest BCUT2D eigenvalue weighted by Gasteiger charge is -1.94. The molecule has 0 radical (unpaired) electrons. The van der Waals surface area contributed by atoms with Crippen LogP contribution in [0.1, 0.15) is 5.56 Å². The van der Waals surface area contributed by atoms with Gasteiger partial charge in [-0.1, -0.05) is 0 Å². The van der Waals surface area contributed by atoms with Crippen molar-refractivity contribution in [1.29, 1.82) is 0 Å². The molecule has 0 spiro atoms. The molecule has 0 bridgehead atoms. The van der Waals surface area contributed by atoms with Crippen LogP contribution in [0.15, 0.2) is 21.8 Å². The van der Waals surface area contributed by atoms with E-state index in [2.05, 4.69) is 4.99 Å². The normalized spacial score (nSPS) is 11.5. The van der Waals surface area contributed by atoms with Crippen molar-refractivity contribution < 1.29 is 5.21 Å². The third-order valence-electron chi connectivity index (χ3n) is 1.13. The van der Waals surface area contributed by atoms with E-state index in [1.807, 2.05) is 16.8 Å². The number of hydrogen-bond acceptors (Lipinski definition) is 3. The summed E-state index contributed by atoms with van der Waals surface area (Å²) < 4.78 is 0. The van der Waals surface area contributed by atoms with Gasteiger partial charge in [0, 0.05) is 0 Å². The lowest BCUT2D eigenvalue weighted by Crippen LogP contribution is -2.28. The number of nitrogens with two attached hydrogens (primary N) is 1. The predicted octanol–water partition coefficient (Wildman–Crippen LogP) is 0.542. The summed E-state index contributed by atoms with van der Waals surface area (Å²) in [6.45, 7) is 0.503. The smallest absolute Gasteiger partial charge is 0.213 e. The van der Waals surface area contributed by atoms with Crippen molar-refractivity contribution in [2.24, 2.45) is 10.7 Å². The summed E-state index contributed by atoms with van der Waals surface area (Å²) in [7, 11) is 0. The molecule has 4 N–H and O–H groups in total. The van der Waals surface area contributed by atoms with Crippen molar-refractivity contribution in [3.63, 3.8) is 0 Å². The van der Waals surface area contributed by atoms with Gasteiger partial charge in [0.15, 0.2) is 0 Å². The van der Waals surface area contributed by atoms with Crippen molar-refractivity contribution in [2.45, 2.75) is 6.54 Å². The molecule has 4 nitrogen and oxygen atoms in total. The summed E-state index contributed by atoms with van der Waals surface area (Å²) in [5, 5.41) is 12.2. The minimum Gasteiger partial charge on any atom is -0.368 e. The Morgan fingerprint density at radius 3 is 3.18 bits per heavy atom. The number of hydroxylamine groups is 1. The van der Waals surface area contributed by atoms with Gasteiger partial charge in [-0.2, -0.15) is 11.3 Å². The molecular weight excluding hydrogens is 162 g/mol. The second-order valence-electron chi connectivity index (χ2n) is 1.94. The molecular formula is C6H9N3OS.